The van der Waals surface area contributed by atoms with E-state index in [-0.39, 0.29) is 34.9 Å². The Hall–Kier alpha value is -3.38. The summed E-state index contributed by atoms with van der Waals surface area (Å²) < 4.78 is 6.09. The highest BCUT2D eigenvalue weighted by Crippen LogP contribution is 2.55. The molecule has 0 aromatic heterocycles. The van der Waals surface area contributed by atoms with Crippen LogP contribution in [0.15, 0.2) is 71.1 Å². The van der Waals surface area contributed by atoms with Crippen LogP contribution in [0.25, 0.3) is 0 Å². The maximum absolute atomic E-state index is 13.9. The average molecular weight is 561 g/mol. The van der Waals surface area contributed by atoms with E-state index in [4.69, 9.17) is 16.3 Å². The highest BCUT2D eigenvalue weighted by Gasteiger charge is 2.49. The van der Waals surface area contributed by atoms with E-state index in [1.807, 2.05) is 30.3 Å². The van der Waals surface area contributed by atoms with Crippen molar-refractivity contribution in [2.24, 2.45) is 10.8 Å². The van der Waals surface area contributed by atoms with Gasteiger partial charge < -0.3 is 15.0 Å². The van der Waals surface area contributed by atoms with Crippen molar-refractivity contribution in [3.63, 3.8) is 0 Å². The molecule has 1 aliphatic heterocycles. The van der Waals surface area contributed by atoms with Crippen LogP contribution in [0, 0.1) is 10.8 Å². The lowest BCUT2D eigenvalue weighted by atomic mass is 9.63. The summed E-state index contributed by atoms with van der Waals surface area (Å²) in [5.74, 6) is -0.362. The van der Waals surface area contributed by atoms with Crippen LogP contribution in [0.4, 0.5) is 5.69 Å². The number of nitrogens with zero attached hydrogens (tertiary/aromatic N) is 1. The van der Waals surface area contributed by atoms with Gasteiger partial charge in [0.1, 0.15) is 5.75 Å². The van der Waals surface area contributed by atoms with E-state index < -0.39 is 5.92 Å². The summed E-state index contributed by atoms with van der Waals surface area (Å²) >= 11 is 6.53. The van der Waals surface area contributed by atoms with Gasteiger partial charge in [-0.1, -0.05) is 57.5 Å². The quantitative estimate of drug-likeness (QED) is 0.409. The van der Waals surface area contributed by atoms with Crippen LogP contribution in [-0.2, 0) is 14.4 Å². The van der Waals surface area contributed by atoms with Gasteiger partial charge in [-0.25, -0.2) is 0 Å². The number of allylic oxidation sites excluding steroid dienone is 4. The molecule has 0 unspecified atom stereocenters. The third kappa shape index (κ3) is 5.46. The van der Waals surface area contributed by atoms with Crippen molar-refractivity contribution in [2.75, 3.05) is 18.5 Å². The van der Waals surface area contributed by atoms with Crippen LogP contribution in [0.2, 0.25) is 5.02 Å². The number of rotatable bonds is 6. The average Bonchev–Trinajstić information content (AvgIpc) is 2.86. The van der Waals surface area contributed by atoms with Gasteiger partial charge in [-0.05, 0) is 60.9 Å². The molecule has 5 rings (SSSR count). The minimum Gasteiger partial charge on any atom is -0.483 e. The van der Waals surface area contributed by atoms with E-state index in [0.29, 0.717) is 52.6 Å². The minimum atomic E-state index is -0.592. The molecule has 0 saturated heterocycles. The highest BCUT2D eigenvalue weighted by molar-refractivity contribution is 6.30. The highest BCUT2D eigenvalue weighted by atomic mass is 35.5. The van der Waals surface area contributed by atoms with Crippen LogP contribution in [0.1, 0.15) is 71.8 Å². The summed E-state index contributed by atoms with van der Waals surface area (Å²) in [6.07, 6.45) is 2.27. The molecule has 3 aliphatic rings. The second kappa shape index (κ2) is 10.5. The standard InChI is InChI=1S/C33H37ClN2O4/c1-6-36-23-15-32(2,3)17-25(37)30(23)29(31-24(36)16-33(4,5)18-26(31)38)22-14-20(34)12-13-27(22)40-19-28(39)35-21-10-8-7-9-11-21/h7-14,29H,6,15-19H2,1-5H3,(H,35,39). The van der Waals surface area contributed by atoms with Crippen molar-refractivity contribution in [3.8, 4) is 5.75 Å². The third-order valence-corrected chi connectivity index (χ3v) is 8.27. The van der Waals surface area contributed by atoms with Gasteiger partial charge in [-0.2, -0.15) is 0 Å². The number of anilines is 1. The summed E-state index contributed by atoms with van der Waals surface area (Å²) in [6.45, 7) is 11.0. The van der Waals surface area contributed by atoms with E-state index in [2.05, 4.69) is 44.8 Å². The van der Waals surface area contributed by atoms with Crippen LogP contribution in [-0.4, -0.2) is 35.5 Å². The van der Waals surface area contributed by atoms with Crippen LogP contribution < -0.4 is 10.1 Å². The van der Waals surface area contributed by atoms with Gasteiger partial charge in [0.15, 0.2) is 18.2 Å². The number of carbonyl (C=O) groups excluding carboxylic acids is 3. The van der Waals surface area contributed by atoms with Crippen LogP contribution in [0.3, 0.4) is 0 Å². The molecule has 1 N–H and O–H groups in total. The second-order valence-corrected chi connectivity index (χ2v) is 13.1. The molecule has 0 spiro atoms. The fourth-order valence-electron chi connectivity index (χ4n) is 6.48. The Labute approximate surface area is 241 Å². The first kappa shape index (κ1) is 28.2. The topological polar surface area (TPSA) is 75.7 Å². The van der Waals surface area contributed by atoms with Crippen molar-refractivity contribution in [1.29, 1.82) is 0 Å². The molecule has 0 fully saturated rings. The molecule has 40 heavy (non-hydrogen) atoms. The molecule has 1 heterocycles. The summed E-state index contributed by atoms with van der Waals surface area (Å²) in [6, 6.07) is 14.4. The lowest BCUT2D eigenvalue weighted by Crippen LogP contribution is -2.44. The molecular weight excluding hydrogens is 524 g/mol. The van der Waals surface area contributed by atoms with Gasteiger partial charge in [0.05, 0.1) is 0 Å². The molecule has 0 atom stereocenters. The van der Waals surface area contributed by atoms with Gasteiger partial charge in [-0.3, -0.25) is 14.4 Å². The Morgan fingerprint density at radius 2 is 1.50 bits per heavy atom. The van der Waals surface area contributed by atoms with E-state index in [1.54, 1.807) is 18.2 Å². The van der Waals surface area contributed by atoms with Gasteiger partial charge in [-0.15, -0.1) is 0 Å². The molecule has 6 nitrogen and oxygen atoms in total. The number of ketones is 2. The van der Waals surface area contributed by atoms with Gasteiger partial charge >= 0.3 is 0 Å². The number of carbonyl (C=O) groups is 3. The van der Waals surface area contributed by atoms with E-state index in [9.17, 15) is 14.4 Å². The predicted octanol–water partition coefficient (Wildman–Crippen LogP) is 7.06. The number of Topliss-reactive ketones (excluding diaryl/α,β-unsaturated/α-hetero) is 2. The number of hydrogen-bond donors (Lipinski definition) is 1. The molecule has 1 amide bonds. The molecule has 2 aromatic carbocycles. The normalized spacial score (nSPS) is 20.3. The molecule has 210 valence electrons. The first-order valence-corrected chi connectivity index (χ1v) is 14.3. The number of benzene rings is 2. The largest absolute Gasteiger partial charge is 0.483 e. The Kier molecular flexibility index (Phi) is 7.43. The van der Waals surface area contributed by atoms with Crippen LogP contribution in [0.5, 0.6) is 5.75 Å². The zero-order valence-corrected chi connectivity index (χ0v) is 24.7. The molecule has 0 bridgehead atoms. The minimum absolute atomic E-state index is 0.0478. The molecule has 7 heteroatoms. The molecular formula is C33H37ClN2O4. The Balaban J connectivity index is 1.61. The number of halogens is 1. The van der Waals surface area contributed by atoms with Gasteiger partial charge in [0.25, 0.3) is 5.91 Å². The molecule has 2 aliphatic carbocycles. The number of ether oxygens (including phenoxy) is 1. The lowest BCUT2D eigenvalue weighted by Gasteiger charge is -2.49. The van der Waals surface area contributed by atoms with Crippen molar-refractivity contribution in [2.45, 2.75) is 66.2 Å². The number of amides is 1. The number of para-hydroxylation sites is 1. The van der Waals surface area contributed by atoms with E-state index in [1.165, 1.54) is 0 Å². The Morgan fingerprint density at radius 1 is 0.925 bits per heavy atom. The van der Waals surface area contributed by atoms with E-state index >= 15 is 0 Å². The van der Waals surface area contributed by atoms with Gasteiger partial charge in [0.2, 0.25) is 0 Å². The molecule has 0 saturated carbocycles. The molecule has 2 aromatic rings. The Bertz CT molecular complexity index is 1380. The SMILES string of the molecule is CCN1C2=C(C(=O)CC(C)(C)C2)C(c2cc(Cl)ccc2OCC(=O)Nc2ccccc2)C2=C1CC(C)(C)CC2=O. The predicted molar refractivity (Wildman–Crippen MR) is 157 cm³/mol. The fraction of sp³-hybridized carbons (Fsp3) is 0.424. The Morgan fingerprint density at radius 3 is 2.05 bits per heavy atom. The van der Waals surface area contributed by atoms with Gasteiger partial charge in [0, 0.05) is 64.1 Å². The van der Waals surface area contributed by atoms with Crippen molar-refractivity contribution in [1.82, 2.24) is 4.90 Å². The fourth-order valence-corrected chi connectivity index (χ4v) is 6.66. The first-order chi connectivity index (χ1) is 18.9. The monoisotopic (exact) mass is 560 g/mol. The summed E-state index contributed by atoms with van der Waals surface area (Å²) in [5, 5.41) is 3.31. The summed E-state index contributed by atoms with van der Waals surface area (Å²) in [7, 11) is 0. The summed E-state index contributed by atoms with van der Waals surface area (Å²) in [5.41, 5.74) is 4.25. The maximum Gasteiger partial charge on any atom is 0.262 e. The zero-order valence-electron chi connectivity index (χ0n) is 23.9. The number of nitrogens with one attached hydrogen (secondary N) is 1. The van der Waals surface area contributed by atoms with E-state index in [0.717, 1.165) is 24.2 Å². The maximum atomic E-state index is 13.9. The van der Waals surface area contributed by atoms with Crippen LogP contribution >= 0.6 is 11.6 Å². The van der Waals surface area contributed by atoms with Crippen molar-refractivity contribution < 1.29 is 19.1 Å². The third-order valence-electron chi connectivity index (χ3n) is 8.04. The second-order valence-electron chi connectivity index (χ2n) is 12.7. The van der Waals surface area contributed by atoms with Crippen molar-refractivity contribution >= 4 is 34.8 Å². The van der Waals surface area contributed by atoms with Crippen molar-refractivity contribution in [3.05, 3.63) is 81.7 Å². The molecule has 0 radical (unpaired) electrons. The first-order valence-electron chi connectivity index (χ1n) is 14.0. The summed E-state index contributed by atoms with van der Waals surface area (Å²) in [4.78, 5) is 42.8. The zero-order chi connectivity index (χ0) is 28.8. The number of hydrogen-bond acceptors (Lipinski definition) is 5. The lowest BCUT2D eigenvalue weighted by molar-refractivity contribution is -0.120. The smallest absolute Gasteiger partial charge is 0.262 e.